The molecule has 1 saturated heterocycles. The van der Waals surface area contributed by atoms with E-state index >= 15 is 0 Å². The number of fused-ring (bicyclic) bond motifs is 1. The lowest BCUT2D eigenvalue weighted by molar-refractivity contribution is 0.285. The Morgan fingerprint density at radius 3 is 3.11 bits per heavy atom. The van der Waals surface area contributed by atoms with E-state index in [0.717, 1.165) is 38.1 Å². The summed E-state index contributed by atoms with van der Waals surface area (Å²) < 4.78 is 13.6. The van der Waals surface area contributed by atoms with Gasteiger partial charge in [-0.25, -0.2) is 4.39 Å². The first-order valence-corrected chi connectivity index (χ1v) is 6.52. The topological polar surface area (TPSA) is 31.1 Å². The van der Waals surface area contributed by atoms with Crippen molar-refractivity contribution in [1.29, 1.82) is 0 Å². The molecule has 0 unspecified atom stereocenters. The SMILES string of the molecule is Fc1cccc2c(CN3CCCNCC3)c[nH]c12. The molecule has 1 aromatic carbocycles. The molecule has 2 aromatic rings. The average Bonchev–Trinajstić information content (AvgIpc) is 2.61. The fraction of sp³-hybridized carbons (Fsp3) is 0.429. The zero-order chi connectivity index (χ0) is 12.4. The molecule has 1 aromatic heterocycles. The van der Waals surface area contributed by atoms with Crippen molar-refractivity contribution in [3.63, 3.8) is 0 Å². The number of hydrogen-bond acceptors (Lipinski definition) is 2. The molecule has 0 bridgehead atoms. The second-order valence-corrected chi connectivity index (χ2v) is 4.86. The van der Waals surface area contributed by atoms with Gasteiger partial charge in [0.2, 0.25) is 0 Å². The Balaban J connectivity index is 1.83. The molecule has 0 saturated carbocycles. The van der Waals surface area contributed by atoms with Crippen LogP contribution >= 0.6 is 0 Å². The summed E-state index contributed by atoms with van der Waals surface area (Å²) in [6.07, 6.45) is 3.11. The number of nitrogens with zero attached hydrogens (tertiary/aromatic N) is 1. The highest BCUT2D eigenvalue weighted by atomic mass is 19.1. The summed E-state index contributed by atoms with van der Waals surface area (Å²) in [5.41, 5.74) is 1.81. The summed E-state index contributed by atoms with van der Waals surface area (Å²) in [7, 11) is 0. The molecule has 2 heterocycles. The summed E-state index contributed by atoms with van der Waals surface area (Å²) in [6.45, 7) is 5.19. The molecule has 3 rings (SSSR count). The minimum absolute atomic E-state index is 0.170. The van der Waals surface area contributed by atoms with Crippen LogP contribution in [0.25, 0.3) is 10.9 Å². The second kappa shape index (κ2) is 5.08. The summed E-state index contributed by atoms with van der Waals surface area (Å²) in [4.78, 5) is 5.47. The van der Waals surface area contributed by atoms with Gasteiger partial charge in [0.05, 0.1) is 5.52 Å². The van der Waals surface area contributed by atoms with Crippen LogP contribution in [0.4, 0.5) is 4.39 Å². The quantitative estimate of drug-likeness (QED) is 0.851. The van der Waals surface area contributed by atoms with Crippen LogP contribution in [-0.2, 0) is 6.54 Å². The van der Waals surface area contributed by atoms with Crippen molar-refractivity contribution in [2.45, 2.75) is 13.0 Å². The highest BCUT2D eigenvalue weighted by Crippen LogP contribution is 2.22. The minimum Gasteiger partial charge on any atom is -0.358 e. The summed E-state index contributed by atoms with van der Waals surface area (Å²) in [6, 6.07) is 5.26. The van der Waals surface area contributed by atoms with Crippen LogP contribution < -0.4 is 5.32 Å². The maximum Gasteiger partial charge on any atom is 0.147 e. The molecule has 0 atom stereocenters. The number of H-pyrrole nitrogens is 1. The van der Waals surface area contributed by atoms with Crippen molar-refractivity contribution in [3.8, 4) is 0 Å². The largest absolute Gasteiger partial charge is 0.358 e. The first kappa shape index (κ1) is 11.7. The number of para-hydroxylation sites is 1. The number of benzene rings is 1. The maximum absolute atomic E-state index is 13.6. The molecular weight excluding hydrogens is 229 g/mol. The Bertz CT molecular complexity index is 527. The highest BCUT2D eigenvalue weighted by molar-refractivity contribution is 5.83. The van der Waals surface area contributed by atoms with E-state index in [1.165, 1.54) is 18.1 Å². The fourth-order valence-electron chi connectivity index (χ4n) is 2.61. The lowest BCUT2D eigenvalue weighted by Crippen LogP contribution is -2.27. The average molecular weight is 247 g/mol. The van der Waals surface area contributed by atoms with Crippen molar-refractivity contribution in [3.05, 3.63) is 35.8 Å². The van der Waals surface area contributed by atoms with Crippen LogP contribution in [0.2, 0.25) is 0 Å². The predicted molar refractivity (Wildman–Crippen MR) is 71.0 cm³/mol. The number of aromatic nitrogens is 1. The van der Waals surface area contributed by atoms with E-state index in [4.69, 9.17) is 0 Å². The van der Waals surface area contributed by atoms with E-state index < -0.39 is 0 Å². The fourth-order valence-corrected chi connectivity index (χ4v) is 2.61. The van der Waals surface area contributed by atoms with Crippen molar-refractivity contribution in [2.24, 2.45) is 0 Å². The number of aromatic amines is 1. The van der Waals surface area contributed by atoms with E-state index in [0.29, 0.717) is 5.52 Å². The molecule has 96 valence electrons. The molecule has 1 aliphatic rings. The van der Waals surface area contributed by atoms with Crippen LogP contribution in [0.5, 0.6) is 0 Å². The third kappa shape index (κ3) is 2.26. The van der Waals surface area contributed by atoms with E-state index in [9.17, 15) is 4.39 Å². The minimum atomic E-state index is -0.170. The van der Waals surface area contributed by atoms with Crippen LogP contribution in [0.1, 0.15) is 12.0 Å². The molecule has 0 aliphatic carbocycles. The molecule has 3 nitrogen and oxygen atoms in total. The number of halogens is 1. The summed E-state index contributed by atoms with van der Waals surface area (Å²) in [5, 5.41) is 4.40. The Labute approximate surface area is 106 Å². The van der Waals surface area contributed by atoms with Crippen molar-refractivity contribution >= 4 is 10.9 Å². The molecule has 1 aliphatic heterocycles. The molecular formula is C14H18FN3. The van der Waals surface area contributed by atoms with Crippen molar-refractivity contribution in [1.82, 2.24) is 15.2 Å². The van der Waals surface area contributed by atoms with Gasteiger partial charge in [0.15, 0.2) is 0 Å². The Morgan fingerprint density at radius 1 is 1.22 bits per heavy atom. The van der Waals surface area contributed by atoms with Gasteiger partial charge >= 0.3 is 0 Å². The van der Waals surface area contributed by atoms with Gasteiger partial charge in [-0.05, 0) is 31.1 Å². The second-order valence-electron chi connectivity index (χ2n) is 4.86. The molecule has 18 heavy (non-hydrogen) atoms. The van der Waals surface area contributed by atoms with Gasteiger partial charge in [0, 0.05) is 31.2 Å². The highest BCUT2D eigenvalue weighted by Gasteiger charge is 2.12. The first-order valence-electron chi connectivity index (χ1n) is 6.52. The Morgan fingerprint density at radius 2 is 2.17 bits per heavy atom. The van der Waals surface area contributed by atoms with Gasteiger partial charge in [-0.3, -0.25) is 4.90 Å². The van der Waals surface area contributed by atoms with Gasteiger partial charge < -0.3 is 10.3 Å². The Hall–Kier alpha value is -1.39. The zero-order valence-electron chi connectivity index (χ0n) is 10.4. The van der Waals surface area contributed by atoms with Gasteiger partial charge in [-0.1, -0.05) is 12.1 Å². The van der Waals surface area contributed by atoms with Gasteiger partial charge in [0.1, 0.15) is 5.82 Å². The molecule has 0 amide bonds. The first-order chi connectivity index (χ1) is 8.84. The van der Waals surface area contributed by atoms with Gasteiger partial charge in [0.25, 0.3) is 0 Å². The van der Waals surface area contributed by atoms with Gasteiger partial charge in [-0.15, -0.1) is 0 Å². The molecule has 1 fully saturated rings. The Kier molecular flexibility index (Phi) is 3.30. The number of hydrogen-bond donors (Lipinski definition) is 2. The van der Waals surface area contributed by atoms with E-state index in [1.807, 2.05) is 12.3 Å². The van der Waals surface area contributed by atoms with Gasteiger partial charge in [-0.2, -0.15) is 0 Å². The molecule has 0 spiro atoms. The molecule has 4 heteroatoms. The molecule has 2 N–H and O–H groups in total. The smallest absolute Gasteiger partial charge is 0.147 e. The normalized spacial score (nSPS) is 18.1. The zero-order valence-corrected chi connectivity index (χ0v) is 10.4. The monoisotopic (exact) mass is 247 g/mol. The van der Waals surface area contributed by atoms with Crippen LogP contribution in [0.3, 0.4) is 0 Å². The van der Waals surface area contributed by atoms with Crippen LogP contribution in [0, 0.1) is 5.82 Å². The summed E-state index contributed by atoms with van der Waals surface area (Å²) in [5.74, 6) is -0.170. The van der Waals surface area contributed by atoms with E-state index in [1.54, 1.807) is 6.07 Å². The third-order valence-corrected chi connectivity index (χ3v) is 3.58. The van der Waals surface area contributed by atoms with Crippen LogP contribution in [-0.4, -0.2) is 36.1 Å². The van der Waals surface area contributed by atoms with Crippen LogP contribution in [0.15, 0.2) is 24.4 Å². The predicted octanol–water partition coefficient (Wildman–Crippen LogP) is 2.10. The van der Waals surface area contributed by atoms with E-state index in [-0.39, 0.29) is 5.82 Å². The lowest BCUT2D eigenvalue weighted by atomic mass is 10.1. The van der Waals surface area contributed by atoms with Crippen molar-refractivity contribution in [2.75, 3.05) is 26.2 Å². The standard InChI is InChI=1S/C14H18FN3/c15-13-4-1-3-12-11(9-17-14(12)13)10-18-7-2-5-16-6-8-18/h1,3-4,9,16-17H,2,5-8,10H2. The molecule has 0 radical (unpaired) electrons. The number of nitrogens with one attached hydrogen (secondary N) is 2. The van der Waals surface area contributed by atoms with Crippen molar-refractivity contribution < 1.29 is 4.39 Å². The third-order valence-electron chi connectivity index (χ3n) is 3.58. The summed E-state index contributed by atoms with van der Waals surface area (Å²) >= 11 is 0. The van der Waals surface area contributed by atoms with E-state index in [2.05, 4.69) is 15.2 Å². The maximum atomic E-state index is 13.6. The number of rotatable bonds is 2. The lowest BCUT2D eigenvalue weighted by Gasteiger charge is -2.18.